The number of carbonyl (C=O) groups is 5. The maximum Gasteiger partial charge on any atom is 0.408 e. The molecule has 0 saturated carbocycles. The topological polar surface area (TPSA) is 367 Å². The van der Waals surface area contributed by atoms with Crippen LogP contribution in [0.2, 0.25) is 0 Å². The summed E-state index contributed by atoms with van der Waals surface area (Å²) >= 11 is 0. The Morgan fingerprint density at radius 3 is 1.92 bits per heavy atom. The van der Waals surface area contributed by atoms with Crippen molar-refractivity contribution in [3.8, 4) is 11.4 Å². The molecule has 510 valence electrons. The smallest absolute Gasteiger partial charge is 0.408 e. The highest BCUT2D eigenvalue weighted by molar-refractivity contribution is 5.99. The summed E-state index contributed by atoms with van der Waals surface area (Å²) in [5, 5.41) is 34.9. The van der Waals surface area contributed by atoms with E-state index in [9.17, 15) is 39.0 Å². The van der Waals surface area contributed by atoms with E-state index in [-0.39, 0.29) is 87.8 Å². The second-order valence-electron chi connectivity index (χ2n) is 22.8. The summed E-state index contributed by atoms with van der Waals surface area (Å²) in [5.74, 6) is -3.17. The first-order chi connectivity index (χ1) is 45.0. The lowest BCUT2D eigenvalue weighted by atomic mass is 9.81. The highest BCUT2D eigenvalue weighted by Crippen LogP contribution is 2.48. The van der Waals surface area contributed by atoms with Gasteiger partial charge in [-0.15, -0.1) is 0 Å². The van der Waals surface area contributed by atoms with E-state index in [4.69, 9.17) is 63.6 Å². The minimum Gasteiger partial charge on any atom is -0.465 e. The number of cyclic esters (lactones) is 1. The molecule has 7 N–H and O–H groups in total. The van der Waals surface area contributed by atoms with E-state index < -0.39 is 64.9 Å². The molecule has 1 aliphatic carbocycles. The van der Waals surface area contributed by atoms with E-state index in [1.807, 2.05) is 0 Å². The Hall–Kier alpha value is -7.25. The lowest BCUT2D eigenvalue weighted by Crippen LogP contribution is -2.54. The van der Waals surface area contributed by atoms with Gasteiger partial charge in [-0.3, -0.25) is 24.1 Å². The number of aliphatic hydroxyl groups is 1. The van der Waals surface area contributed by atoms with Crippen LogP contribution in [0.25, 0.3) is 32.7 Å². The molecule has 7 rings (SSSR count). The standard InChI is InChI=1S/C64H89FN10O18/c1-5-64(83)48-36-53-58-46(39-74(53)61(79)47(48)40-93-62(64)80)56-52(14-13-45-42(4)49(65)37-51(70-58)55(45)56)75(63(81)82)38-43-9-11-44(12-10-43)69-59(77)50(8-6-7-16-66)71-60(78)57(41(2)3)72-54(76)15-18-84-20-22-86-24-26-88-28-30-90-32-34-92-35-33-91-31-29-89-27-25-87-23-21-85-19-17-68-73-67/h9-12,36-37,41,50,52,57,83H,5-8,13-35,38-40,66H2,1-4H3,(H,69,77)(H,71,78)(H,72,76)(H,81,82)/t50-,52-,57-,64-/m0/s1. The first kappa shape index (κ1) is 73.2. The van der Waals surface area contributed by atoms with Crippen LogP contribution < -0.4 is 27.2 Å². The fraction of sp³-hybridized carbons (Fsp3) is 0.609. The maximum atomic E-state index is 15.6. The third-order valence-electron chi connectivity index (χ3n) is 16.2. The number of pyridine rings is 2. The Balaban J connectivity index is 0.808. The molecule has 2 aromatic heterocycles. The molecule has 3 aliphatic rings. The predicted molar refractivity (Wildman–Crippen MR) is 337 cm³/mol. The zero-order valence-corrected chi connectivity index (χ0v) is 53.6. The number of ether oxygens (including phenoxy) is 10. The number of carbonyl (C=O) groups excluding carboxylic acids is 4. The van der Waals surface area contributed by atoms with Crippen LogP contribution in [0.4, 0.5) is 14.9 Å². The van der Waals surface area contributed by atoms with Gasteiger partial charge < -0.3 is 83.8 Å². The van der Waals surface area contributed by atoms with E-state index in [0.717, 1.165) is 0 Å². The summed E-state index contributed by atoms with van der Waals surface area (Å²) in [5.41, 5.74) is 15.8. The zero-order chi connectivity index (χ0) is 66.7. The Kier molecular flexibility index (Phi) is 29.6. The van der Waals surface area contributed by atoms with Gasteiger partial charge in [0, 0.05) is 52.7 Å². The van der Waals surface area contributed by atoms with Gasteiger partial charge >= 0.3 is 12.1 Å². The summed E-state index contributed by atoms with van der Waals surface area (Å²) in [4.78, 5) is 90.2. The second-order valence-corrected chi connectivity index (χ2v) is 22.8. The van der Waals surface area contributed by atoms with Crippen LogP contribution in [0.5, 0.6) is 0 Å². The van der Waals surface area contributed by atoms with E-state index in [1.165, 1.54) is 15.5 Å². The average molecular weight is 1310 g/mol. The minimum atomic E-state index is -2.08. The van der Waals surface area contributed by atoms with Crippen molar-refractivity contribution in [3.63, 3.8) is 0 Å². The lowest BCUT2D eigenvalue weighted by molar-refractivity contribution is -0.172. The molecule has 2 aromatic carbocycles. The number of rotatable bonds is 44. The van der Waals surface area contributed by atoms with Crippen molar-refractivity contribution in [2.24, 2.45) is 16.8 Å². The van der Waals surface area contributed by atoms with E-state index in [1.54, 1.807) is 58.0 Å². The number of unbranched alkanes of at least 4 members (excludes halogenated alkanes) is 1. The zero-order valence-electron chi connectivity index (χ0n) is 53.6. The van der Waals surface area contributed by atoms with Crippen LogP contribution in [-0.2, 0) is 98.3 Å². The fourth-order valence-electron chi connectivity index (χ4n) is 11.3. The molecular weight excluding hydrogens is 1220 g/mol. The molecule has 0 saturated heterocycles. The molecule has 28 nitrogen and oxygen atoms in total. The van der Waals surface area contributed by atoms with Gasteiger partial charge in [0.25, 0.3) is 5.56 Å². The van der Waals surface area contributed by atoms with E-state index in [2.05, 4.69) is 26.0 Å². The number of nitrogens with zero attached hydrogens (tertiary/aromatic N) is 6. The van der Waals surface area contributed by atoms with E-state index >= 15 is 4.39 Å². The summed E-state index contributed by atoms with van der Waals surface area (Å²) in [6, 6.07) is 6.77. The highest BCUT2D eigenvalue weighted by atomic mass is 19.1. The SMILES string of the molecule is CC[C@@]1(O)C(=O)OCc2c1cc1n(c2=O)Cc2c-1nc1cc(F)c(C)c3c1c2[C@@H](N(Cc1ccc(NC(=O)[C@H](CCCCN)NC(=O)[C@@H](NC(=O)CCOCCOCCOCCOCCOCCOCCOCCOCCOCCN=[N+]=[N-])C(C)C)cc1)C(=O)O)CC3. The number of aryl methyl sites for hydroxylation is 1. The number of nitrogens with two attached hydrogens (primary N) is 1. The lowest BCUT2D eigenvalue weighted by Gasteiger charge is -2.36. The number of azide groups is 1. The van der Waals surface area contributed by atoms with E-state index in [0.29, 0.717) is 182 Å². The van der Waals surface area contributed by atoms with Gasteiger partial charge in [-0.1, -0.05) is 38.0 Å². The van der Waals surface area contributed by atoms with Crippen molar-refractivity contribution in [1.29, 1.82) is 0 Å². The van der Waals surface area contributed by atoms with Crippen LogP contribution in [-0.4, -0.2) is 199 Å². The maximum absolute atomic E-state index is 15.6. The molecule has 4 atom stereocenters. The number of nitrogens with one attached hydrogen (secondary N) is 3. The van der Waals surface area contributed by atoms with Gasteiger partial charge in [0.05, 0.1) is 154 Å². The van der Waals surface area contributed by atoms with Crippen LogP contribution in [0, 0.1) is 18.7 Å². The normalized spacial score (nSPS) is 16.0. The third-order valence-corrected chi connectivity index (χ3v) is 16.2. The predicted octanol–water partition coefficient (Wildman–Crippen LogP) is 5.24. The second kappa shape index (κ2) is 37.6. The summed E-state index contributed by atoms with van der Waals surface area (Å²) in [7, 11) is 0. The molecule has 0 spiro atoms. The van der Waals surface area contributed by atoms with Gasteiger partial charge in [-0.05, 0) is 104 Å². The van der Waals surface area contributed by atoms with Crippen molar-refractivity contribution in [3.05, 3.63) is 102 Å². The number of anilines is 1. The number of carboxylic acid groups (broad SMARTS) is 1. The van der Waals surface area contributed by atoms with Gasteiger partial charge in [0.1, 0.15) is 24.5 Å². The number of benzene rings is 2. The number of hydrogen-bond acceptors (Lipinski definition) is 20. The number of hydrogen-bond donors (Lipinski definition) is 6. The van der Waals surface area contributed by atoms with Gasteiger partial charge in [-0.25, -0.2) is 19.0 Å². The van der Waals surface area contributed by atoms with Crippen LogP contribution in [0.15, 0.2) is 46.3 Å². The molecule has 0 fully saturated rings. The number of aromatic nitrogens is 2. The van der Waals surface area contributed by atoms with Crippen molar-refractivity contribution in [2.75, 3.05) is 137 Å². The largest absolute Gasteiger partial charge is 0.465 e. The molecule has 4 heterocycles. The molecule has 0 unspecified atom stereocenters. The van der Waals surface area contributed by atoms with Gasteiger partial charge in [0.15, 0.2) is 5.60 Å². The van der Waals surface area contributed by atoms with Gasteiger partial charge in [0.2, 0.25) is 17.7 Å². The summed E-state index contributed by atoms with van der Waals surface area (Å²) in [6.07, 6.45) is 0.673. The summed E-state index contributed by atoms with van der Waals surface area (Å²) in [6.45, 7) is 13.9. The molecular formula is C64H89FN10O18. The molecule has 0 radical (unpaired) electrons. The fourth-order valence-corrected chi connectivity index (χ4v) is 11.3. The molecule has 0 bridgehead atoms. The monoisotopic (exact) mass is 1300 g/mol. The molecule has 29 heteroatoms. The Morgan fingerprint density at radius 2 is 1.39 bits per heavy atom. The van der Waals surface area contributed by atoms with Crippen LogP contribution in [0.3, 0.4) is 0 Å². The first-order valence-corrected chi connectivity index (χ1v) is 31.7. The molecule has 93 heavy (non-hydrogen) atoms. The minimum absolute atomic E-state index is 0.00710. The summed E-state index contributed by atoms with van der Waals surface area (Å²) < 4.78 is 71.6. The van der Waals surface area contributed by atoms with Crippen LogP contribution >= 0.6 is 0 Å². The highest BCUT2D eigenvalue weighted by Gasteiger charge is 2.46. The Labute approximate surface area is 539 Å². The molecule has 4 aromatic rings. The quantitative estimate of drug-likeness (QED) is 0.00954. The molecule has 2 aliphatic heterocycles. The van der Waals surface area contributed by atoms with Crippen LogP contribution in [0.1, 0.15) is 104 Å². The number of halogens is 1. The van der Waals surface area contributed by atoms with Crippen molar-refractivity contribution >= 4 is 46.4 Å². The molecule has 4 amide bonds. The first-order valence-electron chi connectivity index (χ1n) is 31.7. The van der Waals surface area contributed by atoms with Crippen molar-refractivity contribution < 1.29 is 85.9 Å². The number of esters is 1. The van der Waals surface area contributed by atoms with Crippen molar-refractivity contribution in [1.82, 2.24) is 25.1 Å². The van der Waals surface area contributed by atoms with Crippen molar-refractivity contribution in [2.45, 2.75) is 116 Å². The number of amides is 4. The third kappa shape index (κ3) is 20.4. The van der Waals surface area contributed by atoms with Gasteiger partial charge in [-0.2, -0.15) is 0 Å². The average Bonchev–Trinajstić information content (AvgIpc) is 1.70. The Bertz CT molecular complexity index is 3260. The number of fused-ring (bicyclic) bond motifs is 5. The Morgan fingerprint density at radius 1 is 0.817 bits per heavy atom.